The van der Waals surface area contributed by atoms with Crippen molar-refractivity contribution in [2.75, 3.05) is 5.32 Å². The molecule has 2 rings (SSSR count). The molecule has 0 aliphatic carbocycles. The predicted octanol–water partition coefficient (Wildman–Crippen LogP) is 4.25. The zero-order chi connectivity index (χ0) is 14.7. The van der Waals surface area contributed by atoms with Crippen LogP contribution in [0.3, 0.4) is 0 Å². The molecular formula is C14H9BrF3NO. The Morgan fingerprint density at radius 2 is 1.60 bits per heavy atom. The standard InChI is InChI=1S/C14H9BrF3NO/c15-7-8-1-3-9(4-2-8)14(20)19-10-5-11(16)13(18)12(17)6-10/h1-6H,7H2,(H,19,20). The van der Waals surface area contributed by atoms with Crippen molar-refractivity contribution in [2.45, 2.75) is 5.33 Å². The Bertz CT molecular complexity index is 620. The van der Waals surface area contributed by atoms with Gasteiger partial charge in [0.25, 0.3) is 5.91 Å². The first-order chi connectivity index (χ1) is 9.51. The number of hydrogen-bond donors (Lipinski definition) is 1. The average Bonchev–Trinajstić information content (AvgIpc) is 2.44. The zero-order valence-electron chi connectivity index (χ0n) is 10.1. The SMILES string of the molecule is O=C(Nc1cc(F)c(F)c(F)c1)c1ccc(CBr)cc1. The maximum Gasteiger partial charge on any atom is 0.255 e. The summed E-state index contributed by atoms with van der Waals surface area (Å²) in [4.78, 5) is 11.9. The van der Waals surface area contributed by atoms with Gasteiger partial charge in [0.1, 0.15) is 0 Å². The van der Waals surface area contributed by atoms with Crippen LogP contribution < -0.4 is 5.32 Å². The lowest BCUT2D eigenvalue weighted by Crippen LogP contribution is -2.12. The molecule has 20 heavy (non-hydrogen) atoms. The summed E-state index contributed by atoms with van der Waals surface area (Å²) in [5.41, 5.74) is 1.18. The van der Waals surface area contributed by atoms with Gasteiger partial charge in [0.2, 0.25) is 0 Å². The smallest absolute Gasteiger partial charge is 0.255 e. The van der Waals surface area contributed by atoms with Crippen LogP contribution in [0.4, 0.5) is 18.9 Å². The number of benzene rings is 2. The summed E-state index contributed by atoms with van der Waals surface area (Å²) in [6, 6.07) is 8.11. The van der Waals surface area contributed by atoms with Crippen molar-refractivity contribution in [3.05, 3.63) is 65.0 Å². The third kappa shape index (κ3) is 3.19. The van der Waals surface area contributed by atoms with Gasteiger partial charge in [-0.3, -0.25) is 4.79 Å². The van der Waals surface area contributed by atoms with E-state index in [4.69, 9.17) is 0 Å². The van der Waals surface area contributed by atoms with E-state index in [-0.39, 0.29) is 5.69 Å². The molecule has 0 spiro atoms. The van der Waals surface area contributed by atoms with Gasteiger partial charge in [-0.25, -0.2) is 13.2 Å². The minimum atomic E-state index is -1.57. The van der Waals surface area contributed by atoms with Crippen molar-refractivity contribution >= 4 is 27.5 Å². The minimum Gasteiger partial charge on any atom is -0.322 e. The fraction of sp³-hybridized carbons (Fsp3) is 0.0714. The number of hydrogen-bond acceptors (Lipinski definition) is 1. The molecule has 6 heteroatoms. The molecule has 0 bridgehead atoms. The third-order valence-corrected chi connectivity index (χ3v) is 3.26. The number of carbonyl (C=O) groups is 1. The Labute approximate surface area is 121 Å². The summed E-state index contributed by atoms with van der Waals surface area (Å²) in [5, 5.41) is 2.96. The Kier molecular flexibility index (Phi) is 4.44. The number of rotatable bonds is 3. The first kappa shape index (κ1) is 14.6. The maximum atomic E-state index is 13.0. The first-order valence-corrected chi connectivity index (χ1v) is 6.74. The Balaban J connectivity index is 2.18. The summed E-state index contributed by atoms with van der Waals surface area (Å²) in [7, 11) is 0. The summed E-state index contributed by atoms with van der Waals surface area (Å²) in [5.74, 6) is -4.80. The summed E-state index contributed by atoms with van der Waals surface area (Å²) < 4.78 is 38.8. The van der Waals surface area contributed by atoms with Crippen molar-refractivity contribution in [1.29, 1.82) is 0 Å². The van der Waals surface area contributed by atoms with Crippen LogP contribution in [0.1, 0.15) is 15.9 Å². The highest BCUT2D eigenvalue weighted by Gasteiger charge is 2.13. The fourth-order valence-corrected chi connectivity index (χ4v) is 1.95. The van der Waals surface area contributed by atoms with Gasteiger partial charge in [0.05, 0.1) is 0 Å². The number of amides is 1. The lowest BCUT2D eigenvalue weighted by atomic mass is 10.1. The van der Waals surface area contributed by atoms with Crippen molar-refractivity contribution in [3.63, 3.8) is 0 Å². The monoisotopic (exact) mass is 343 g/mol. The summed E-state index contributed by atoms with van der Waals surface area (Å²) in [6.07, 6.45) is 0. The van der Waals surface area contributed by atoms with E-state index in [1.807, 2.05) is 0 Å². The molecule has 0 aliphatic rings. The molecule has 0 unspecified atom stereocenters. The van der Waals surface area contributed by atoms with Gasteiger partial charge in [-0.2, -0.15) is 0 Å². The maximum absolute atomic E-state index is 13.0. The van der Waals surface area contributed by atoms with Gasteiger partial charge in [-0.1, -0.05) is 28.1 Å². The van der Waals surface area contributed by atoms with Crippen LogP contribution in [0.15, 0.2) is 36.4 Å². The molecule has 0 fully saturated rings. The lowest BCUT2D eigenvalue weighted by molar-refractivity contribution is 0.102. The minimum absolute atomic E-state index is 0.143. The Morgan fingerprint density at radius 3 is 2.10 bits per heavy atom. The molecule has 104 valence electrons. The number of carbonyl (C=O) groups excluding carboxylic acids is 1. The van der Waals surface area contributed by atoms with Crippen LogP contribution in [-0.2, 0) is 5.33 Å². The van der Waals surface area contributed by atoms with Gasteiger partial charge >= 0.3 is 0 Å². The number of nitrogens with one attached hydrogen (secondary N) is 1. The number of anilines is 1. The van der Waals surface area contributed by atoms with E-state index in [2.05, 4.69) is 21.2 Å². The normalized spacial score (nSPS) is 10.4. The van der Waals surface area contributed by atoms with E-state index in [0.29, 0.717) is 10.9 Å². The number of alkyl halides is 1. The van der Waals surface area contributed by atoms with Crippen LogP contribution >= 0.6 is 15.9 Å². The van der Waals surface area contributed by atoms with Crippen LogP contribution in [0.25, 0.3) is 0 Å². The van der Waals surface area contributed by atoms with Crippen LogP contribution in [0.5, 0.6) is 0 Å². The van der Waals surface area contributed by atoms with Crippen molar-refractivity contribution in [2.24, 2.45) is 0 Å². The van der Waals surface area contributed by atoms with Gasteiger partial charge in [0, 0.05) is 28.7 Å². The highest BCUT2D eigenvalue weighted by molar-refractivity contribution is 9.08. The molecule has 0 aliphatic heterocycles. The average molecular weight is 344 g/mol. The molecule has 0 aromatic heterocycles. The molecule has 0 radical (unpaired) electrons. The molecule has 2 aromatic rings. The second-order valence-corrected chi connectivity index (χ2v) is 4.60. The molecule has 2 nitrogen and oxygen atoms in total. The van der Waals surface area contributed by atoms with Crippen LogP contribution in [-0.4, -0.2) is 5.91 Å². The molecule has 0 atom stereocenters. The van der Waals surface area contributed by atoms with Crippen molar-refractivity contribution in [1.82, 2.24) is 0 Å². The molecular weight excluding hydrogens is 335 g/mol. The van der Waals surface area contributed by atoms with E-state index in [1.165, 1.54) is 0 Å². The first-order valence-electron chi connectivity index (χ1n) is 5.62. The van der Waals surface area contributed by atoms with E-state index in [9.17, 15) is 18.0 Å². The van der Waals surface area contributed by atoms with E-state index >= 15 is 0 Å². The second kappa shape index (κ2) is 6.09. The quantitative estimate of drug-likeness (QED) is 0.655. The Hall–Kier alpha value is -1.82. The fourth-order valence-electron chi connectivity index (χ4n) is 1.58. The number of halogens is 4. The lowest BCUT2D eigenvalue weighted by Gasteiger charge is -2.07. The van der Waals surface area contributed by atoms with E-state index in [0.717, 1.165) is 17.7 Å². The summed E-state index contributed by atoms with van der Waals surface area (Å²) >= 11 is 3.28. The largest absolute Gasteiger partial charge is 0.322 e. The van der Waals surface area contributed by atoms with E-state index in [1.54, 1.807) is 24.3 Å². The highest BCUT2D eigenvalue weighted by atomic mass is 79.9. The topological polar surface area (TPSA) is 29.1 Å². The second-order valence-electron chi connectivity index (χ2n) is 4.04. The zero-order valence-corrected chi connectivity index (χ0v) is 11.7. The predicted molar refractivity (Wildman–Crippen MR) is 73.3 cm³/mol. The summed E-state index contributed by atoms with van der Waals surface area (Å²) in [6.45, 7) is 0. The van der Waals surface area contributed by atoms with Gasteiger partial charge in [-0.15, -0.1) is 0 Å². The third-order valence-electron chi connectivity index (χ3n) is 2.61. The molecule has 2 aromatic carbocycles. The van der Waals surface area contributed by atoms with Gasteiger partial charge in [0.15, 0.2) is 17.5 Å². The molecule has 1 amide bonds. The molecule has 1 N–H and O–H groups in total. The van der Waals surface area contributed by atoms with Gasteiger partial charge in [-0.05, 0) is 17.7 Å². The van der Waals surface area contributed by atoms with E-state index < -0.39 is 23.4 Å². The highest BCUT2D eigenvalue weighted by Crippen LogP contribution is 2.18. The molecule has 0 saturated heterocycles. The van der Waals surface area contributed by atoms with Crippen LogP contribution in [0, 0.1) is 17.5 Å². The van der Waals surface area contributed by atoms with Crippen LogP contribution in [0.2, 0.25) is 0 Å². The molecule has 0 heterocycles. The van der Waals surface area contributed by atoms with Crippen molar-refractivity contribution in [3.8, 4) is 0 Å². The molecule has 0 saturated carbocycles. The van der Waals surface area contributed by atoms with Gasteiger partial charge < -0.3 is 5.32 Å². The Morgan fingerprint density at radius 1 is 1.05 bits per heavy atom. The van der Waals surface area contributed by atoms with Crippen molar-refractivity contribution < 1.29 is 18.0 Å².